The molecule has 0 radical (unpaired) electrons. The zero-order valence-corrected chi connectivity index (χ0v) is 13.9. The number of rotatable bonds is 6. The molecule has 0 saturated carbocycles. The summed E-state index contributed by atoms with van der Waals surface area (Å²) in [7, 11) is 1.80. The molecule has 0 aromatic carbocycles. The number of carbonyl (C=O) groups excluding carboxylic acids is 1. The highest BCUT2D eigenvalue weighted by molar-refractivity contribution is 5.93. The van der Waals surface area contributed by atoms with E-state index < -0.39 is 6.10 Å². The molecule has 1 aliphatic heterocycles. The van der Waals surface area contributed by atoms with E-state index in [1.54, 1.807) is 35.0 Å². The summed E-state index contributed by atoms with van der Waals surface area (Å²) in [4.78, 5) is 14.4. The smallest absolute Gasteiger partial charge is 0.254 e. The number of likely N-dealkylation sites (tertiary alicyclic amines) is 1. The Morgan fingerprint density at radius 3 is 2.79 bits per heavy atom. The number of aryl methyl sites for hydroxylation is 1. The number of amides is 1. The Morgan fingerprint density at radius 2 is 2.17 bits per heavy atom. The quantitative estimate of drug-likeness (QED) is 0.769. The molecule has 8 nitrogen and oxygen atoms in total. The Morgan fingerprint density at radius 1 is 1.38 bits per heavy atom. The second-order valence-corrected chi connectivity index (χ2v) is 6.33. The maximum atomic E-state index is 12.1. The van der Waals surface area contributed by atoms with Crippen LogP contribution in [-0.4, -0.2) is 67.3 Å². The van der Waals surface area contributed by atoms with Gasteiger partial charge in [-0.15, -0.1) is 0 Å². The van der Waals surface area contributed by atoms with Gasteiger partial charge >= 0.3 is 0 Å². The average molecular weight is 332 g/mol. The van der Waals surface area contributed by atoms with E-state index in [2.05, 4.69) is 20.4 Å². The monoisotopic (exact) mass is 332 g/mol. The summed E-state index contributed by atoms with van der Waals surface area (Å²) in [5, 5.41) is 21.3. The fourth-order valence-corrected chi connectivity index (χ4v) is 3.05. The fourth-order valence-electron chi connectivity index (χ4n) is 3.05. The summed E-state index contributed by atoms with van der Waals surface area (Å²) < 4.78 is 3.37. The van der Waals surface area contributed by atoms with E-state index in [1.165, 1.54) is 0 Å². The minimum absolute atomic E-state index is 0.0692. The van der Waals surface area contributed by atoms with Crippen molar-refractivity contribution in [2.75, 3.05) is 19.6 Å². The Hall–Kier alpha value is -2.19. The van der Waals surface area contributed by atoms with E-state index in [-0.39, 0.29) is 11.9 Å². The fraction of sp³-hybridized carbons (Fsp3) is 0.562. The van der Waals surface area contributed by atoms with Crippen LogP contribution < -0.4 is 5.32 Å². The normalized spacial score (nSPS) is 17.8. The van der Waals surface area contributed by atoms with Crippen molar-refractivity contribution in [3.8, 4) is 0 Å². The van der Waals surface area contributed by atoms with E-state index >= 15 is 0 Å². The maximum absolute atomic E-state index is 12.1. The molecular weight excluding hydrogens is 308 g/mol. The Balaban J connectivity index is 1.40. The van der Waals surface area contributed by atoms with Gasteiger partial charge in [0.1, 0.15) is 0 Å². The minimum Gasteiger partial charge on any atom is -0.390 e. The number of piperidine rings is 1. The third-order valence-electron chi connectivity index (χ3n) is 4.32. The topological polar surface area (TPSA) is 88.2 Å². The number of carbonyl (C=O) groups is 1. The van der Waals surface area contributed by atoms with Gasteiger partial charge in [0.05, 0.1) is 24.4 Å². The van der Waals surface area contributed by atoms with Gasteiger partial charge in [-0.3, -0.25) is 14.2 Å². The maximum Gasteiger partial charge on any atom is 0.254 e. The van der Waals surface area contributed by atoms with E-state index in [1.807, 2.05) is 12.3 Å². The van der Waals surface area contributed by atoms with Crippen LogP contribution in [0, 0.1) is 0 Å². The SMILES string of the molecule is Cn1cc(C(=O)NC2CCN(C[C@@H](O)Cn3cccn3)CC2)cn1. The average Bonchev–Trinajstić information content (AvgIpc) is 3.21. The lowest BCUT2D eigenvalue weighted by Gasteiger charge is -2.33. The lowest BCUT2D eigenvalue weighted by atomic mass is 10.0. The van der Waals surface area contributed by atoms with Gasteiger partial charge in [-0.05, 0) is 18.9 Å². The van der Waals surface area contributed by atoms with Crippen molar-refractivity contribution in [3.05, 3.63) is 36.4 Å². The molecule has 0 unspecified atom stereocenters. The highest BCUT2D eigenvalue weighted by atomic mass is 16.3. The molecule has 1 fully saturated rings. The van der Waals surface area contributed by atoms with Crippen LogP contribution in [0.4, 0.5) is 0 Å². The third-order valence-corrected chi connectivity index (χ3v) is 4.32. The van der Waals surface area contributed by atoms with E-state index in [9.17, 15) is 9.90 Å². The number of aromatic nitrogens is 4. The molecular formula is C16H24N6O2. The van der Waals surface area contributed by atoms with Crippen molar-refractivity contribution in [2.45, 2.75) is 31.5 Å². The molecule has 130 valence electrons. The lowest BCUT2D eigenvalue weighted by Crippen LogP contribution is -2.46. The number of hydrogen-bond donors (Lipinski definition) is 2. The number of hydrogen-bond acceptors (Lipinski definition) is 5. The molecule has 1 saturated heterocycles. The first-order valence-corrected chi connectivity index (χ1v) is 8.27. The van der Waals surface area contributed by atoms with Crippen LogP contribution in [0.3, 0.4) is 0 Å². The molecule has 24 heavy (non-hydrogen) atoms. The molecule has 1 atom stereocenters. The van der Waals surface area contributed by atoms with Crippen LogP contribution in [0.15, 0.2) is 30.9 Å². The first kappa shape index (κ1) is 16.7. The molecule has 3 heterocycles. The highest BCUT2D eigenvalue weighted by Gasteiger charge is 2.23. The van der Waals surface area contributed by atoms with Crippen molar-refractivity contribution in [1.29, 1.82) is 0 Å². The van der Waals surface area contributed by atoms with Crippen molar-refractivity contribution < 1.29 is 9.90 Å². The number of aliphatic hydroxyl groups is 1. The third kappa shape index (κ3) is 4.42. The molecule has 0 aliphatic carbocycles. The molecule has 0 spiro atoms. The van der Waals surface area contributed by atoms with Crippen LogP contribution in [0.2, 0.25) is 0 Å². The van der Waals surface area contributed by atoms with Crippen LogP contribution >= 0.6 is 0 Å². The first-order chi connectivity index (χ1) is 11.6. The predicted molar refractivity (Wildman–Crippen MR) is 88.4 cm³/mol. The van der Waals surface area contributed by atoms with Gasteiger partial charge in [0.25, 0.3) is 5.91 Å². The predicted octanol–water partition coefficient (Wildman–Crippen LogP) is -0.128. The summed E-state index contributed by atoms with van der Waals surface area (Å²) in [5.41, 5.74) is 0.592. The van der Waals surface area contributed by atoms with Crippen LogP contribution in [-0.2, 0) is 13.6 Å². The molecule has 3 rings (SSSR count). The molecule has 1 aliphatic rings. The Kier molecular flexibility index (Phi) is 5.27. The number of nitrogens with one attached hydrogen (secondary N) is 1. The number of nitrogens with zero attached hydrogens (tertiary/aromatic N) is 5. The van der Waals surface area contributed by atoms with Gasteiger partial charge in [0.15, 0.2) is 0 Å². The van der Waals surface area contributed by atoms with Crippen LogP contribution in [0.5, 0.6) is 0 Å². The Bertz CT molecular complexity index is 645. The first-order valence-electron chi connectivity index (χ1n) is 8.27. The second-order valence-electron chi connectivity index (χ2n) is 6.33. The zero-order chi connectivity index (χ0) is 16.9. The van der Waals surface area contributed by atoms with Gasteiger partial charge in [0.2, 0.25) is 0 Å². The van der Waals surface area contributed by atoms with Crippen LogP contribution in [0.1, 0.15) is 23.2 Å². The minimum atomic E-state index is -0.438. The summed E-state index contributed by atoms with van der Waals surface area (Å²) in [6.45, 7) is 2.87. The van der Waals surface area contributed by atoms with E-state index in [4.69, 9.17) is 0 Å². The van der Waals surface area contributed by atoms with Crippen LogP contribution in [0.25, 0.3) is 0 Å². The summed E-state index contributed by atoms with van der Waals surface area (Å²) in [6.07, 6.45) is 8.20. The van der Waals surface area contributed by atoms with Gasteiger partial charge in [-0.1, -0.05) is 0 Å². The van der Waals surface area contributed by atoms with E-state index in [0.717, 1.165) is 25.9 Å². The summed E-state index contributed by atoms with van der Waals surface area (Å²) in [6, 6.07) is 2.03. The molecule has 2 aromatic rings. The van der Waals surface area contributed by atoms with Crippen molar-refractivity contribution >= 4 is 5.91 Å². The van der Waals surface area contributed by atoms with Crippen molar-refractivity contribution in [1.82, 2.24) is 29.8 Å². The second kappa shape index (κ2) is 7.59. The number of aliphatic hydroxyl groups excluding tert-OH is 1. The lowest BCUT2D eigenvalue weighted by molar-refractivity contribution is 0.0750. The standard InChI is InChI=1S/C16H24N6O2/c1-20-10-13(9-18-20)16(24)19-14-3-7-21(8-4-14)11-15(23)12-22-6-2-5-17-22/h2,5-6,9-10,14-15,23H,3-4,7-8,11-12H2,1H3,(H,19,24)/t15-/m1/s1. The Labute approximate surface area is 141 Å². The largest absolute Gasteiger partial charge is 0.390 e. The molecule has 1 amide bonds. The van der Waals surface area contributed by atoms with Gasteiger partial charge < -0.3 is 15.3 Å². The highest BCUT2D eigenvalue weighted by Crippen LogP contribution is 2.12. The molecule has 0 bridgehead atoms. The number of β-amino-alcohol motifs (C(OH)–C–C–N with tert-alkyl or cyclic N) is 1. The molecule has 2 aromatic heterocycles. The van der Waals surface area contributed by atoms with Gasteiger partial charge in [0, 0.05) is 51.3 Å². The molecule has 2 N–H and O–H groups in total. The summed E-state index contributed by atoms with van der Waals surface area (Å²) >= 11 is 0. The zero-order valence-electron chi connectivity index (χ0n) is 13.9. The van der Waals surface area contributed by atoms with Gasteiger partial charge in [-0.2, -0.15) is 10.2 Å². The molecule has 8 heteroatoms. The van der Waals surface area contributed by atoms with Gasteiger partial charge in [-0.25, -0.2) is 0 Å². The van der Waals surface area contributed by atoms with Crippen molar-refractivity contribution in [3.63, 3.8) is 0 Å². The van der Waals surface area contributed by atoms with E-state index in [0.29, 0.717) is 18.7 Å². The van der Waals surface area contributed by atoms with Crippen molar-refractivity contribution in [2.24, 2.45) is 7.05 Å². The summed E-state index contributed by atoms with van der Waals surface area (Å²) in [5.74, 6) is -0.0692.